The first-order valence-electron chi connectivity index (χ1n) is 8.85. The molecule has 7 heteroatoms. The quantitative estimate of drug-likeness (QED) is 0.599. The maximum Gasteiger partial charge on any atom is 0.249 e. The van der Waals surface area contributed by atoms with Crippen LogP contribution in [0.15, 0.2) is 48.5 Å². The maximum absolute atomic E-state index is 13.7. The molecular formula is C20H21FN4O2. The number of hydrogen-bond acceptors (Lipinski definition) is 3. The van der Waals surface area contributed by atoms with E-state index < -0.39 is 17.8 Å². The molecule has 2 amide bonds. The summed E-state index contributed by atoms with van der Waals surface area (Å²) in [5, 5.41) is 5.39. The minimum atomic E-state index is -0.720. The van der Waals surface area contributed by atoms with Gasteiger partial charge in [0.15, 0.2) is 0 Å². The lowest BCUT2D eigenvalue weighted by molar-refractivity contribution is -0.126. The van der Waals surface area contributed by atoms with E-state index in [0.717, 1.165) is 11.0 Å². The SMILES string of the molecule is CCC[C@@H](NC(=O)Cc1ccccc1F)C(=O)Nc1nc2ccccc2[nH]1. The number of amides is 2. The van der Waals surface area contributed by atoms with Gasteiger partial charge in [-0.15, -0.1) is 0 Å². The molecule has 3 rings (SSSR count). The topological polar surface area (TPSA) is 86.9 Å². The van der Waals surface area contributed by atoms with Gasteiger partial charge in [0.05, 0.1) is 17.5 Å². The number of carbonyl (C=O) groups excluding carboxylic acids is 2. The molecule has 0 bridgehead atoms. The van der Waals surface area contributed by atoms with Crippen LogP contribution in [0.25, 0.3) is 11.0 Å². The Morgan fingerprint density at radius 2 is 1.89 bits per heavy atom. The zero-order valence-electron chi connectivity index (χ0n) is 15.0. The van der Waals surface area contributed by atoms with Crippen molar-refractivity contribution in [3.05, 3.63) is 59.9 Å². The van der Waals surface area contributed by atoms with E-state index in [9.17, 15) is 14.0 Å². The van der Waals surface area contributed by atoms with Gasteiger partial charge in [-0.2, -0.15) is 0 Å². The van der Waals surface area contributed by atoms with E-state index >= 15 is 0 Å². The minimum Gasteiger partial charge on any atom is -0.344 e. The van der Waals surface area contributed by atoms with Crippen molar-refractivity contribution in [1.29, 1.82) is 0 Å². The van der Waals surface area contributed by atoms with Crippen molar-refractivity contribution in [3.63, 3.8) is 0 Å². The van der Waals surface area contributed by atoms with Crippen molar-refractivity contribution < 1.29 is 14.0 Å². The first-order valence-corrected chi connectivity index (χ1v) is 8.85. The fourth-order valence-corrected chi connectivity index (χ4v) is 2.83. The number of halogens is 1. The number of aromatic nitrogens is 2. The minimum absolute atomic E-state index is 0.120. The Morgan fingerprint density at radius 1 is 1.15 bits per heavy atom. The Hall–Kier alpha value is -3.22. The van der Waals surface area contributed by atoms with Gasteiger partial charge in [-0.3, -0.25) is 14.9 Å². The van der Waals surface area contributed by atoms with Crippen molar-refractivity contribution in [2.24, 2.45) is 0 Å². The Morgan fingerprint density at radius 3 is 2.63 bits per heavy atom. The van der Waals surface area contributed by atoms with Crippen LogP contribution < -0.4 is 10.6 Å². The largest absolute Gasteiger partial charge is 0.344 e. The summed E-state index contributed by atoms with van der Waals surface area (Å²) in [4.78, 5) is 32.2. The van der Waals surface area contributed by atoms with Crippen LogP contribution in [0.5, 0.6) is 0 Å². The molecule has 0 aliphatic carbocycles. The normalized spacial score (nSPS) is 11.9. The van der Waals surface area contributed by atoms with Crippen molar-refractivity contribution in [2.75, 3.05) is 5.32 Å². The lowest BCUT2D eigenvalue weighted by Crippen LogP contribution is -2.44. The Labute approximate surface area is 156 Å². The van der Waals surface area contributed by atoms with Crippen molar-refractivity contribution >= 4 is 28.8 Å². The average molecular weight is 368 g/mol. The first kappa shape index (κ1) is 18.6. The molecule has 0 aliphatic rings. The standard InChI is InChI=1S/C20H21FN4O2/c1-2-7-17(22-18(26)12-13-8-3-4-9-14(13)21)19(27)25-20-23-15-10-5-6-11-16(15)24-20/h3-6,8-11,17H,2,7,12H2,1H3,(H,22,26)(H2,23,24,25,27)/t17-/m1/s1. The second-order valence-electron chi connectivity index (χ2n) is 6.27. The number of carbonyl (C=O) groups is 2. The highest BCUT2D eigenvalue weighted by molar-refractivity contribution is 5.97. The number of hydrogen-bond donors (Lipinski definition) is 3. The molecule has 2 aromatic carbocycles. The summed E-state index contributed by atoms with van der Waals surface area (Å²) in [5.74, 6) is -0.881. The second-order valence-corrected chi connectivity index (χ2v) is 6.27. The molecule has 0 fully saturated rings. The highest BCUT2D eigenvalue weighted by Crippen LogP contribution is 2.14. The van der Waals surface area contributed by atoms with Gasteiger partial charge in [-0.1, -0.05) is 43.7 Å². The van der Waals surface area contributed by atoms with Gasteiger partial charge in [-0.05, 0) is 30.2 Å². The van der Waals surface area contributed by atoms with Crippen LogP contribution in [0.2, 0.25) is 0 Å². The number of rotatable bonds is 7. The molecule has 140 valence electrons. The van der Waals surface area contributed by atoms with E-state index in [0.29, 0.717) is 24.4 Å². The smallest absolute Gasteiger partial charge is 0.249 e. The molecule has 0 saturated carbocycles. The van der Waals surface area contributed by atoms with Gasteiger partial charge >= 0.3 is 0 Å². The molecule has 0 aliphatic heterocycles. The maximum atomic E-state index is 13.7. The second kappa shape index (κ2) is 8.44. The number of nitrogens with one attached hydrogen (secondary N) is 3. The van der Waals surface area contributed by atoms with Crippen molar-refractivity contribution in [1.82, 2.24) is 15.3 Å². The van der Waals surface area contributed by atoms with E-state index in [1.54, 1.807) is 18.2 Å². The summed E-state index contributed by atoms with van der Waals surface area (Å²) in [6.45, 7) is 1.92. The molecule has 1 aromatic heterocycles. The summed E-state index contributed by atoms with van der Waals surface area (Å²) in [6, 6.07) is 12.8. The van der Waals surface area contributed by atoms with Crippen LogP contribution in [0, 0.1) is 5.82 Å². The molecule has 3 N–H and O–H groups in total. The van der Waals surface area contributed by atoms with Crippen LogP contribution >= 0.6 is 0 Å². The van der Waals surface area contributed by atoms with E-state index in [1.807, 2.05) is 31.2 Å². The Bertz CT molecular complexity index is 921. The van der Waals surface area contributed by atoms with Crippen molar-refractivity contribution in [2.45, 2.75) is 32.2 Å². The molecule has 1 atom stereocenters. The first-order chi connectivity index (χ1) is 13.1. The lowest BCUT2D eigenvalue weighted by Gasteiger charge is -2.17. The molecule has 27 heavy (non-hydrogen) atoms. The van der Waals surface area contributed by atoms with Gasteiger partial charge in [-0.25, -0.2) is 9.37 Å². The lowest BCUT2D eigenvalue weighted by atomic mass is 10.1. The third kappa shape index (κ3) is 4.69. The number of anilines is 1. The number of H-pyrrole nitrogens is 1. The Kier molecular flexibility index (Phi) is 5.80. The number of para-hydroxylation sites is 2. The van der Waals surface area contributed by atoms with Crippen LogP contribution in [0.4, 0.5) is 10.3 Å². The molecule has 0 unspecified atom stereocenters. The number of imidazole rings is 1. The van der Waals surface area contributed by atoms with Gasteiger partial charge in [0.2, 0.25) is 17.8 Å². The molecule has 1 heterocycles. The summed E-state index contributed by atoms with van der Waals surface area (Å²) < 4.78 is 13.7. The van der Waals surface area contributed by atoms with E-state index in [4.69, 9.17) is 0 Å². The van der Waals surface area contributed by atoms with Crippen LogP contribution in [0.1, 0.15) is 25.3 Å². The average Bonchev–Trinajstić information content (AvgIpc) is 3.05. The van der Waals surface area contributed by atoms with E-state index in [2.05, 4.69) is 20.6 Å². The molecule has 6 nitrogen and oxygen atoms in total. The third-order valence-corrected chi connectivity index (χ3v) is 4.17. The summed E-state index contributed by atoms with van der Waals surface area (Å²) >= 11 is 0. The molecule has 3 aromatic rings. The van der Waals surface area contributed by atoms with Crippen LogP contribution in [-0.4, -0.2) is 27.8 Å². The van der Waals surface area contributed by atoms with E-state index in [-0.39, 0.29) is 12.3 Å². The van der Waals surface area contributed by atoms with E-state index in [1.165, 1.54) is 6.07 Å². The van der Waals surface area contributed by atoms with Crippen LogP contribution in [-0.2, 0) is 16.0 Å². The highest BCUT2D eigenvalue weighted by Gasteiger charge is 2.21. The summed E-state index contributed by atoms with van der Waals surface area (Å²) in [5.41, 5.74) is 1.84. The molecular weight excluding hydrogens is 347 g/mol. The van der Waals surface area contributed by atoms with Gasteiger partial charge in [0.25, 0.3) is 0 Å². The highest BCUT2D eigenvalue weighted by atomic mass is 19.1. The third-order valence-electron chi connectivity index (χ3n) is 4.17. The number of aromatic amines is 1. The van der Waals surface area contributed by atoms with Gasteiger partial charge in [0.1, 0.15) is 11.9 Å². The number of fused-ring (bicyclic) bond motifs is 1. The molecule has 0 radical (unpaired) electrons. The zero-order valence-corrected chi connectivity index (χ0v) is 15.0. The zero-order chi connectivity index (χ0) is 19.2. The fraction of sp³-hybridized carbons (Fsp3) is 0.250. The predicted molar refractivity (Wildman–Crippen MR) is 102 cm³/mol. The van der Waals surface area contributed by atoms with Crippen LogP contribution in [0.3, 0.4) is 0 Å². The van der Waals surface area contributed by atoms with Gasteiger partial charge in [0, 0.05) is 0 Å². The predicted octanol–water partition coefficient (Wildman–Crippen LogP) is 3.17. The van der Waals surface area contributed by atoms with Gasteiger partial charge < -0.3 is 10.3 Å². The summed E-state index contributed by atoms with van der Waals surface area (Å²) in [7, 11) is 0. The van der Waals surface area contributed by atoms with Crippen molar-refractivity contribution in [3.8, 4) is 0 Å². The Balaban J connectivity index is 1.65. The number of nitrogens with zero attached hydrogens (tertiary/aromatic N) is 1. The fourth-order valence-electron chi connectivity index (χ4n) is 2.83. The summed E-state index contributed by atoms with van der Waals surface area (Å²) in [6.07, 6.45) is 1.05. The molecule has 0 spiro atoms. The monoisotopic (exact) mass is 368 g/mol. The molecule has 0 saturated heterocycles. The number of benzene rings is 2.